The Morgan fingerprint density at radius 2 is 1.25 bits per heavy atom. The number of hydrogen-bond donors (Lipinski definition) is 4. The molecular formula is C13H22N5O2+3. The molecule has 7 nitrogen and oxygen atoms in total. The van der Waals surface area contributed by atoms with Gasteiger partial charge in [-0.2, -0.15) is 0 Å². The number of carbonyl (C=O) groups is 2. The van der Waals surface area contributed by atoms with Crippen molar-refractivity contribution < 1.29 is 13.9 Å². The quantitative estimate of drug-likeness (QED) is 0.492. The lowest BCUT2D eigenvalue weighted by Gasteiger charge is -2.07. The summed E-state index contributed by atoms with van der Waals surface area (Å²) in [7, 11) is 0. The first-order valence-corrected chi connectivity index (χ1v) is 6.72. The molecule has 1 aromatic rings. The third-order valence-corrected chi connectivity index (χ3v) is 2.87. The Balaban J connectivity index is 0. The Bertz CT molecular complexity index is 451. The van der Waals surface area contributed by atoms with Crippen LogP contribution >= 0.6 is 0 Å². The highest BCUT2D eigenvalue weighted by molar-refractivity contribution is 5.96. The van der Waals surface area contributed by atoms with Crippen LogP contribution in [-0.4, -0.2) is 56.1 Å². The van der Waals surface area contributed by atoms with E-state index < -0.39 is 0 Å². The molecule has 0 spiro atoms. The van der Waals surface area contributed by atoms with E-state index in [1.54, 1.807) is 18.2 Å². The fourth-order valence-electron chi connectivity index (χ4n) is 1.82. The summed E-state index contributed by atoms with van der Waals surface area (Å²) < 4.78 is 0. The molecule has 1 aliphatic rings. The lowest BCUT2D eigenvalue weighted by atomic mass is 10.2. The normalized spacial score (nSPS) is 18.4. The maximum atomic E-state index is 11.9. The van der Waals surface area contributed by atoms with Crippen LogP contribution in [0.15, 0.2) is 18.2 Å². The van der Waals surface area contributed by atoms with Crippen LogP contribution in [0.3, 0.4) is 0 Å². The summed E-state index contributed by atoms with van der Waals surface area (Å²) in [5, 5.41) is 11.9. The summed E-state index contributed by atoms with van der Waals surface area (Å²) in [5.41, 5.74) is 0.510. The third kappa shape index (κ3) is 4.29. The summed E-state index contributed by atoms with van der Waals surface area (Å²) in [5.74, 6) is -0.538. The highest BCUT2D eigenvalue weighted by Gasteiger charge is 2.11. The minimum absolute atomic E-state index is 0. The van der Waals surface area contributed by atoms with Gasteiger partial charge in [-0.05, 0) is 12.1 Å². The molecule has 20 heavy (non-hydrogen) atoms. The second kappa shape index (κ2) is 7.56. The van der Waals surface area contributed by atoms with Gasteiger partial charge in [0.05, 0.1) is 0 Å². The van der Waals surface area contributed by atoms with Gasteiger partial charge in [0.1, 0.15) is 11.4 Å². The topological polar surface area (TPSA) is 95.1 Å². The first kappa shape index (κ1) is 14.4. The third-order valence-electron chi connectivity index (χ3n) is 2.87. The van der Waals surface area contributed by atoms with E-state index in [4.69, 9.17) is 0 Å². The van der Waals surface area contributed by atoms with Crippen molar-refractivity contribution in [1.29, 1.82) is 0 Å². The lowest BCUT2D eigenvalue weighted by molar-refractivity contribution is 0.0945. The molecule has 2 amide bonds. The molecule has 0 unspecified atom stereocenters. The van der Waals surface area contributed by atoms with E-state index in [0.29, 0.717) is 26.2 Å². The molecule has 2 bridgehead atoms. The maximum Gasteiger partial charge on any atom is 1.00 e. The molecule has 0 atom stereocenters. The predicted octanol–water partition coefficient (Wildman–Crippen LogP) is -0.928. The standard InChI is InChI=1S/C13H19N5O2/c19-12-10-2-1-3-11(18-10)13(20)17-9-7-15-5-4-14-6-8-16-12/h1-3,14-15H,4-9H2,(H,16,19)(H,17,20)/p+3. The Kier molecular flexibility index (Phi) is 5.45. The van der Waals surface area contributed by atoms with Crippen LogP contribution in [0.2, 0.25) is 0 Å². The zero-order valence-corrected chi connectivity index (χ0v) is 11.2. The SMILES string of the molecule is O=C1NCCNCCNCCNC(=O)c2cccc1n2.[H+].[H+].[H+]. The van der Waals surface area contributed by atoms with Crippen LogP contribution in [0.5, 0.6) is 0 Å². The first-order valence-electron chi connectivity index (χ1n) is 6.72. The van der Waals surface area contributed by atoms with Crippen molar-refractivity contribution in [3.8, 4) is 0 Å². The van der Waals surface area contributed by atoms with Crippen LogP contribution < -0.4 is 21.3 Å². The van der Waals surface area contributed by atoms with Crippen LogP contribution in [0.4, 0.5) is 0 Å². The van der Waals surface area contributed by atoms with Gasteiger partial charge in [-0.25, -0.2) is 4.98 Å². The van der Waals surface area contributed by atoms with Gasteiger partial charge in [-0.15, -0.1) is 0 Å². The van der Waals surface area contributed by atoms with E-state index in [9.17, 15) is 9.59 Å². The number of nitrogens with zero attached hydrogens (tertiary/aromatic N) is 1. The average molecular weight is 280 g/mol. The molecule has 1 aromatic heterocycles. The van der Waals surface area contributed by atoms with Crippen molar-refractivity contribution in [3.05, 3.63) is 29.6 Å². The summed E-state index contributed by atoms with van der Waals surface area (Å²) in [6, 6.07) is 4.85. The molecule has 4 N–H and O–H groups in total. The van der Waals surface area contributed by atoms with E-state index in [-0.39, 0.29) is 27.5 Å². The minimum Gasteiger partial charge on any atom is -0.349 e. The van der Waals surface area contributed by atoms with Gasteiger partial charge in [0, 0.05) is 39.3 Å². The molecule has 2 heterocycles. The van der Waals surface area contributed by atoms with Crippen molar-refractivity contribution >= 4 is 11.8 Å². The average Bonchev–Trinajstić information content (AvgIpc) is 2.48. The second-order valence-corrected chi connectivity index (χ2v) is 4.42. The van der Waals surface area contributed by atoms with Crippen LogP contribution in [0, 0.1) is 0 Å². The first-order chi connectivity index (χ1) is 9.77. The molecule has 7 heteroatoms. The van der Waals surface area contributed by atoms with Crippen LogP contribution in [0.25, 0.3) is 0 Å². The van der Waals surface area contributed by atoms with Crippen LogP contribution in [0.1, 0.15) is 25.3 Å². The highest BCUT2D eigenvalue weighted by atomic mass is 16.2. The van der Waals surface area contributed by atoms with Crippen molar-refractivity contribution in [3.63, 3.8) is 0 Å². The smallest absolute Gasteiger partial charge is 0.349 e. The summed E-state index contributed by atoms with van der Waals surface area (Å²) in [6.45, 7) is 4.08. The number of carbonyl (C=O) groups excluding carboxylic acids is 2. The van der Waals surface area contributed by atoms with E-state index in [1.165, 1.54) is 0 Å². The highest BCUT2D eigenvalue weighted by Crippen LogP contribution is 1.99. The summed E-state index contributed by atoms with van der Waals surface area (Å²) in [4.78, 5) is 27.8. The Morgan fingerprint density at radius 3 is 1.75 bits per heavy atom. The van der Waals surface area contributed by atoms with Gasteiger partial charge < -0.3 is 21.3 Å². The summed E-state index contributed by atoms with van der Waals surface area (Å²) >= 11 is 0. The van der Waals surface area contributed by atoms with E-state index in [2.05, 4.69) is 26.3 Å². The molecule has 0 saturated heterocycles. The molecule has 108 valence electrons. The lowest BCUT2D eigenvalue weighted by Crippen LogP contribution is -2.36. The Morgan fingerprint density at radius 1 is 0.800 bits per heavy atom. The number of nitrogens with one attached hydrogen (secondary N) is 4. The minimum atomic E-state index is -0.269. The molecule has 0 aliphatic carbocycles. The second-order valence-electron chi connectivity index (χ2n) is 4.42. The number of aromatic nitrogens is 1. The summed E-state index contributed by atoms with van der Waals surface area (Å²) in [6.07, 6.45) is 0. The fourth-order valence-corrected chi connectivity index (χ4v) is 1.82. The monoisotopic (exact) mass is 280 g/mol. The Labute approximate surface area is 122 Å². The fraction of sp³-hybridized carbons (Fsp3) is 0.462. The molecule has 0 radical (unpaired) electrons. The number of fused-ring (bicyclic) bond motifs is 2. The van der Waals surface area contributed by atoms with Gasteiger partial charge in [0.2, 0.25) is 0 Å². The number of amides is 2. The molecule has 0 aromatic carbocycles. The van der Waals surface area contributed by atoms with Gasteiger partial charge in [0.25, 0.3) is 11.8 Å². The molecule has 1 aliphatic heterocycles. The van der Waals surface area contributed by atoms with E-state index in [1.807, 2.05) is 0 Å². The van der Waals surface area contributed by atoms with Gasteiger partial charge in [-0.3, -0.25) is 9.59 Å². The zero-order chi connectivity index (χ0) is 14.2. The number of pyridine rings is 1. The van der Waals surface area contributed by atoms with Crippen molar-refractivity contribution in [2.45, 2.75) is 0 Å². The van der Waals surface area contributed by atoms with Gasteiger partial charge >= 0.3 is 4.28 Å². The largest absolute Gasteiger partial charge is 1.00 e. The molecule has 0 fully saturated rings. The zero-order valence-electron chi connectivity index (χ0n) is 14.2. The molecular weight excluding hydrogens is 258 g/mol. The van der Waals surface area contributed by atoms with E-state index in [0.717, 1.165) is 13.1 Å². The number of rotatable bonds is 0. The van der Waals surface area contributed by atoms with Crippen molar-refractivity contribution in [2.75, 3.05) is 39.3 Å². The maximum absolute atomic E-state index is 11.9. The predicted molar refractivity (Wildman–Crippen MR) is 78.0 cm³/mol. The number of hydrogen-bond acceptors (Lipinski definition) is 5. The van der Waals surface area contributed by atoms with E-state index >= 15 is 0 Å². The molecule has 0 saturated carbocycles. The Hall–Kier alpha value is -1.99. The van der Waals surface area contributed by atoms with Crippen molar-refractivity contribution in [2.24, 2.45) is 0 Å². The van der Waals surface area contributed by atoms with Gasteiger partial charge in [0.15, 0.2) is 0 Å². The van der Waals surface area contributed by atoms with Gasteiger partial charge in [-0.1, -0.05) is 6.07 Å². The van der Waals surface area contributed by atoms with Crippen molar-refractivity contribution in [1.82, 2.24) is 26.3 Å². The van der Waals surface area contributed by atoms with Crippen LogP contribution in [-0.2, 0) is 0 Å². The molecule has 2 rings (SSSR count).